The molecule has 1 aliphatic rings. The summed E-state index contributed by atoms with van der Waals surface area (Å²) in [6, 6.07) is 0. The molecule has 0 saturated carbocycles. The summed E-state index contributed by atoms with van der Waals surface area (Å²) in [4.78, 5) is 30.5. The van der Waals surface area contributed by atoms with Crippen LogP contribution in [-0.2, 0) is 14.4 Å². The van der Waals surface area contributed by atoms with Gasteiger partial charge in [0, 0.05) is 13.1 Å². The van der Waals surface area contributed by atoms with Gasteiger partial charge in [-0.1, -0.05) is 6.42 Å². The number of rotatable bonds is 5. The van der Waals surface area contributed by atoms with Crippen LogP contribution in [0.5, 0.6) is 0 Å². The maximum atomic E-state index is 10.3. The average molecular weight is 293 g/mol. The molecule has 9 heteroatoms. The van der Waals surface area contributed by atoms with Gasteiger partial charge in [-0.2, -0.15) is 5.06 Å². The van der Waals surface area contributed by atoms with Gasteiger partial charge in [0.15, 0.2) is 5.60 Å². The quantitative estimate of drug-likeness (QED) is 0.455. The molecule has 0 aliphatic carbocycles. The minimum atomic E-state index is -2.74. The van der Waals surface area contributed by atoms with E-state index in [1.54, 1.807) is 0 Å². The van der Waals surface area contributed by atoms with Gasteiger partial charge in [0.2, 0.25) is 0 Å². The number of carboxylic acid groups (broad SMARTS) is 3. The molecule has 1 saturated heterocycles. The van der Waals surface area contributed by atoms with E-state index in [1.165, 1.54) is 11.5 Å². The molecule has 20 heavy (non-hydrogen) atoms. The third-order valence-corrected chi connectivity index (χ3v) is 2.62. The molecule has 0 atom stereocenters. The Kier molecular flexibility index (Phi) is 7.74. The zero-order chi connectivity index (χ0) is 15.8. The molecule has 0 aromatic rings. The highest BCUT2D eigenvalue weighted by Gasteiger charge is 2.40. The van der Waals surface area contributed by atoms with E-state index in [-0.39, 0.29) is 0 Å². The Hall–Kier alpha value is -1.71. The van der Waals surface area contributed by atoms with Crippen LogP contribution in [0.3, 0.4) is 0 Å². The Labute approximate surface area is 115 Å². The van der Waals surface area contributed by atoms with Crippen LogP contribution in [0.15, 0.2) is 0 Å². The lowest BCUT2D eigenvalue weighted by Gasteiger charge is -2.18. The highest BCUT2D eigenvalue weighted by atomic mass is 16.5. The molecule has 0 aromatic carbocycles. The fourth-order valence-corrected chi connectivity index (χ4v) is 1.59. The van der Waals surface area contributed by atoms with Crippen LogP contribution in [0.1, 0.15) is 32.1 Å². The molecule has 0 aromatic heterocycles. The van der Waals surface area contributed by atoms with Crippen LogP contribution >= 0.6 is 0 Å². The number of hydroxylamine groups is 2. The monoisotopic (exact) mass is 293 g/mol. The Morgan fingerprint density at radius 2 is 1.30 bits per heavy atom. The molecule has 0 bridgehead atoms. The van der Waals surface area contributed by atoms with Gasteiger partial charge in [-0.05, 0) is 12.8 Å². The Bertz CT molecular complexity index is 334. The molecule has 9 nitrogen and oxygen atoms in total. The highest BCUT2D eigenvalue weighted by molar-refractivity contribution is 5.88. The molecule has 116 valence electrons. The molecule has 0 amide bonds. The van der Waals surface area contributed by atoms with E-state index in [0.29, 0.717) is 0 Å². The van der Waals surface area contributed by atoms with Crippen molar-refractivity contribution in [1.82, 2.24) is 5.06 Å². The molecular weight excluding hydrogens is 274 g/mol. The second kappa shape index (κ2) is 8.46. The van der Waals surface area contributed by atoms with E-state index in [2.05, 4.69) is 0 Å². The first kappa shape index (κ1) is 18.3. The van der Waals surface area contributed by atoms with Gasteiger partial charge in [-0.15, -0.1) is 0 Å². The third kappa shape index (κ3) is 7.67. The van der Waals surface area contributed by atoms with Gasteiger partial charge in [-0.3, -0.25) is 9.59 Å². The molecule has 0 spiro atoms. The van der Waals surface area contributed by atoms with Gasteiger partial charge in [0.25, 0.3) is 0 Å². The van der Waals surface area contributed by atoms with Crippen LogP contribution in [0, 0.1) is 0 Å². The van der Waals surface area contributed by atoms with Crippen LogP contribution in [0.2, 0.25) is 0 Å². The van der Waals surface area contributed by atoms with Crippen molar-refractivity contribution in [2.45, 2.75) is 37.7 Å². The Morgan fingerprint density at radius 1 is 0.900 bits per heavy atom. The minimum Gasteiger partial charge on any atom is -0.481 e. The predicted molar refractivity (Wildman–Crippen MR) is 64.3 cm³/mol. The molecule has 1 aliphatic heterocycles. The number of piperidine rings is 1. The zero-order valence-corrected chi connectivity index (χ0v) is 10.9. The van der Waals surface area contributed by atoms with Gasteiger partial charge in [-0.25, -0.2) is 4.79 Å². The molecule has 1 heterocycles. The van der Waals surface area contributed by atoms with Crippen molar-refractivity contribution >= 4 is 17.9 Å². The summed E-state index contributed by atoms with van der Waals surface area (Å²) in [6.45, 7) is 1.75. The first-order valence-electron chi connectivity index (χ1n) is 6.00. The second-order valence-corrected chi connectivity index (χ2v) is 4.49. The Morgan fingerprint density at radius 3 is 1.50 bits per heavy atom. The van der Waals surface area contributed by atoms with Gasteiger partial charge in [0.1, 0.15) is 0 Å². The van der Waals surface area contributed by atoms with Gasteiger partial charge < -0.3 is 25.6 Å². The number of aliphatic hydroxyl groups is 1. The van der Waals surface area contributed by atoms with E-state index >= 15 is 0 Å². The summed E-state index contributed by atoms with van der Waals surface area (Å²) in [7, 11) is 0. The fraction of sp³-hybridized carbons (Fsp3) is 0.727. The van der Waals surface area contributed by atoms with Gasteiger partial charge >= 0.3 is 17.9 Å². The van der Waals surface area contributed by atoms with Crippen molar-refractivity contribution in [1.29, 1.82) is 0 Å². The molecule has 1 fully saturated rings. The molecule has 1 rings (SSSR count). The summed E-state index contributed by atoms with van der Waals surface area (Å²) in [5, 5.41) is 43.9. The van der Waals surface area contributed by atoms with Gasteiger partial charge in [0.05, 0.1) is 12.8 Å². The Balaban J connectivity index is 0.000000428. The lowest BCUT2D eigenvalue weighted by atomic mass is 9.96. The number of nitrogens with zero attached hydrogens (tertiary/aromatic N) is 1. The number of hydrogen-bond acceptors (Lipinski definition) is 6. The van der Waals surface area contributed by atoms with E-state index in [4.69, 9.17) is 25.6 Å². The lowest BCUT2D eigenvalue weighted by Crippen LogP contribution is -2.42. The van der Waals surface area contributed by atoms with Crippen LogP contribution < -0.4 is 0 Å². The maximum absolute atomic E-state index is 10.3. The van der Waals surface area contributed by atoms with E-state index < -0.39 is 36.4 Å². The summed E-state index contributed by atoms with van der Waals surface area (Å²) in [5.41, 5.74) is -2.74. The standard InChI is InChI=1S/C6H8O7.C5H11NO/c7-3(8)1-6(13,5(11)12)2-4(9)10;7-6-4-2-1-3-5-6/h13H,1-2H2,(H,7,8)(H,9,10)(H,11,12);7H,1-5H2. The summed E-state index contributed by atoms with van der Waals surface area (Å²) in [6.07, 6.45) is 1.33. The van der Waals surface area contributed by atoms with E-state index in [1.807, 2.05) is 0 Å². The maximum Gasteiger partial charge on any atom is 0.336 e. The van der Waals surface area contributed by atoms with Crippen LogP contribution in [-0.4, -0.2) is 67.3 Å². The van der Waals surface area contributed by atoms with E-state index in [9.17, 15) is 14.4 Å². The van der Waals surface area contributed by atoms with Crippen molar-refractivity contribution in [2.75, 3.05) is 13.1 Å². The number of aliphatic carboxylic acids is 3. The first-order valence-corrected chi connectivity index (χ1v) is 6.00. The fourth-order valence-electron chi connectivity index (χ4n) is 1.59. The number of hydrogen-bond donors (Lipinski definition) is 5. The van der Waals surface area contributed by atoms with Crippen molar-refractivity contribution in [3.63, 3.8) is 0 Å². The summed E-state index contributed by atoms with van der Waals surface area (Å²) < 4.78 is 0. The molecule has 0 unspecified atom stereocenters. The highest BCUT2D eigenvalue weighted by Crippen LogP contribution is 2.15. The number of carbonyl (C=O) groups is 3. The second-order valence-electron chi connectivity index (χ2n) is 4.49. The first-order chi connectivity index (χ1) is 9.17. The summed E-state index contributed by atoms with van der Waals surface area (Å²) >= 11 is 0. The lowest BCUT2D eigenvalue weighted by molar-refractivity contribution is -0.170. The van der Waals surface area contributed by atoms with Crippen LogP contribution in [0.4, 0.5) is 0 Å². The van der Waals surface area contributed by atoms with E-state index in [0.717, 1.165) is 25.9 Å². The molecule has 5 N–H and O–H groups in total. The van der Waals surface area contributed by atoms with Crippen molar-refractivity contribution in [2.24, 2.45) is 0 Å². The smallest absolute Gasteiger partial charge is 0.336 e. The predicted octanol–water partition coefficient (Wildman–Crippen LogP) is -0.387. The topological polar surface area (TPSA) is 156 Å². The zero-order valence-electron chi connectivity index (χ0n) is 10.9. The average Bonchev–Trinajstić information content (AvgIpc) is 2.28. The van der Waals surface area contributed by atoms with Crippen molar-refractivity contribution < 1.29 is 40.0 Å². The third-order valence-electron chi connectivity index (χ3n) is 2.62. The number of carboxylic acids is 3. The van der Waals surface area contributed by atoms with Crippen molar-refractivity contribution in [3.8, 4) is 0 Å². The largest absolute Gasteiger partial charge is 0.481 e. The molecular formula is C11H19NO8. The molecule has 0 radical (unpaired) electrons. The SMILES string of the molecule is O=C(O)CC(O)(CC(=O)O)C(=O)O.ON1CCCCC1. The summed E-state index contributed by atoms with van der Waals surface area (Å²) in [5.74, 6) is -5.02. The minimum absolute atomic E-state index is 0.875. The van der Waals surface area contributed by atoms with Crippen molar-refractivity contribution in [3.05, 3.63) is 0 Å². The normalized spacial score (nSPS) is 15.9. The van der Waals surface area contributed by atoms with Crippen LogP contribution in [0.25, 0.3) is 0 Å².